The number of imidazole rings is 1. The molecule has 0 amide bonds. The van der Waals surface area contributed by atoms with Crippen molar-refractivity contribution in [3.63, 3.8) is 0 Å². The monoisotopic (exact) mass is 431 g/mol. The van der Waals surface area contributed by atoms with E-state index < -0.39 is 7.81 Å². The van der Waals surface area contributed by atoms with Crippen molar-refractivity contribution < 1.29 is 34.5 Å². The molecule has 148 valence electrons. The molecular formula is C12H20F6N3OPS2. The molecule has 1 aliphatic heterocycles. The first-order valence-corrected chi connectivity index (χ1v) is 10.7. The Bertz CT molecular complexity index is 563. The zero-order valence-electron chi connectivity index (χ0n) is 13.5. The molecule has 2 rings (SSSR count). The third-order valence-corrected chi connectivity index (χ3v) is 4.49. The quantitative estimate of drug-likeness (QED) is 0.231. The Balaban J connectivity index is 0.000000381. The molecule has 13 heteroatoms. The van der Waals surface area contributed by atoms with E-state index in [0.29, 0.717) is 0 Å². The molecular weight excluding hydrogens is 411 g/mol. The van der Waals surface area contributed by atoms with Gasteiger partial charge in [0.2, 0.25) is 6.33 Å². The van der Waals surface area contributed by atoms with Crippen molar-refractivity contribution in [2.45, 2.75) is 13.0 Å². The Kier molecular flexibility index (Phi) is 7.17. The van der Waals surface area contributed by atoms with Gasteiger partial charge in [-0.05, 0) is 6.42 Å². The minimum absolute atomic E-state index is 0.806. The van der Waals surface area contributed by atoms with Gasteiger partial charge in [-0.3, -0.25) is 0 Å². The summed E-state index contributed by atoms with van der Waals surface area (Å²) in [6.07, 6.45) is 7.41. The summed E-state index contributed by atoms with van der Waals surface area (Å²) in [5.41, 5.74) is 0. The second-order valence-electron chi connectivity index (χ2n) is 5.34. The van der Waals surface area contributed by atoms with Gasteiger partial charge in [0.05, 0.1) is 26.8 Å². The van der Waals surface area contributed by atoms with Crippen LogP contribution in [0.25, 0.3) is 0 Å². The number of hydrogen-bond donors (Lipinski definition) is 0. The van der Waals surface area contributed by atoms with Crippen molar-refractivity contribution in [3.8, 4) is 0 Å². The van der Waals surface area contributed by atoms with Gasteiger partial charge in [-0.25, -0.2) is 9.13 Å². The normalized spacial score (nSPS) is 18.0. The van der Waals surface area contributed by atoms with Crippen molar-refractivity contribution in [2.24, 2.45) is 7.05 Å². The third-order valence-electron chi connectivity index (χ3n) is 2.88. The van der Waals surface area contributed by atoms with E-state index in [9.17, 15) is 25.2 Å². The van der Waals surface area contributed by atoms with Crippen molar-refractivity contribution in [1.29, 1.82) is 0 Å². The maximum absolute atomic E-state index is 10.7. The van der Waals surface area contributed by atoms with E-state index in [0.717, 1.165) is 49.3 Å². The Morgan fingerprint density at radius 2 is 1.76 bits per heavy atom. The Morgan fingerprint density at radius 1 is 1.20 bits per heavy atom. The van der Waals surface area contributed by atoms with Gasteiger partial charge >= 0.3 is 33.0 Å². The molecule has 0 unspecified atom stereocenters. The van der Waals surface area contributed by atoms with E-state index in [1.807, 2.05) is 7.05 Å². The number of nitrogens with zero attached hydrogens (tertiary/aromatic N) is 3. The van der Waals surface area contributed by atoms with Crippen LogP contribution >= 0.6 is 31.8 Å². The molecule has 0 bridgehead atoms. The maximum atomic E-state index is 9.87. The molecule has 0 N–H and O–H groups in total. The summed E-state index contributed by atoms with van der Waals surface area (Å²) in [6, 6.07) is 0. The summed E-state index contributed by atoms with van der Waals surface area (Å²) in [6.45, 7) is 4.55. The summed E-state index contributed by atoms with van der Waals surface area (Å²) < 4.78 is 69.8. The van der Waals surface area contributed by atoms with Gasteiger partial charge in [-0.2, -0.15) is 0 Å². The average Bonchev–Trinajstić information content (AvgIpc) is 2.86. The second-order valence-corrected chi connectivity index (χ2v) is 8.99. The summed E-state index contributed by atoms with van der Waals surface area (Å²) in [7, 11) is -8.62. The molecule has 0 aliphatic carbocycles. The molecule has 4 nitrogen and oxygen atoms in total. The number of halogens is 6. The average molecular weight is 431 g/mol. The number of thioether (sulfide) groups is 1. The number of rotatable bonds is 4. The van der Waals surface area contributed by atoms with Crippen LogP contribution in [0.15, 0.2) is 18.7 Å². The second kappa shape index (κ2) is 7.98. The molecule has 1 aromatic heterocycles. The number of aromatic nitrogens is 2. The van der Waals surface area contributed by atoms with Crippen LogP contribution in [-0.2, 0) is 18.3 Å². The van der Waals surface area contributed by atoms with E-state index >= 15 is 0 Å². The molecule has 1 aromatic rings. The Hall–Kier alpha value is -0.580. The fourth-order valence-corrected chi connectivity index (χ4v) is 3.12. The van der Waals surface area contributed by atoms with E-state index in [1.54, 1.807) is 11.8 Å². The van der Waals surface area contributed by atoms with Crippen LogP contribution in [0.5, 0.6) is 0 Å². The van der Waals surface area contributed by atoms with Gasteiger partial charge in [0.15, 0.2) is 0 Å². The third kappa shape index (κ3) is 14.3. The van der Waals surface area contributed by atoms with Gasteiger partial charge in [-0.15, -0.1) is 0 Å². The van der Waals surface area contributed by atoms with Crippen LogP contribution in [0.4, 0.5) is 25.2 Å². The topological polar surface area (TPSA) is 21.3 Å². The van der Waals surface area contributed by atoms with Crippen LogP contribution < -0.4 is 4.57 Å². The predicted molar refractivity (Wildman–Crippen MR) is 91.2 cm³/mol. The first kappa shape index (κ1) is 22.5. The van der Waals surface area contributed by atoms with Crippen LogP contribution in [0.1, 0.15) is 6.42 Å². The summed E-state index contributed by atoms with van der Waals surface area (Å²) in [4.78, 5) is 2.25. The summed E-state index contributed by atoms with van der Waals surface area (Å²) in [5, 5.41) is 0. The summed E-state index contributed by atoms with van der Waals surface area (Å²) >= 11 is 7.22. The Labute approximate surface area is 151 Å². The number of thiocarbonyl (C=S) groups is 1. The molecule has 2 heterocycles. The van der Waals surface area contributed by atoms with Gasteiger partial charge < -0.3 is 9.64 Å². The van der Waals surface area contributed by atoms with Gasteiger partial charge in [-0.1, -0.05) is 24.0 Å². The molecule has 0 spiro atoms. The molecule has 0 radical (unpaired) electrons. The molecule has 0 saturated carbocycles. The molecule has 1 aliphatic rings. The Morgan fingerprint density at radius 3 is 2.24 bits per heavy atom. The number of hydrogen-bond acceptors (Lipinski definition) is 3. The molecule has 25 heavy (non-hydrogen) atoms. The van der Waals surface area contributed by atoms with Gasteiger partial charge in [0, 0.05) is 18.8 Å². The first-order chi connectivity index (χ1) is 11.2. The van der Waals surface area contributed by atoms with E-state index in [2.05, 4.69) is 32.8 Å². The zero-order chi connectivity index (χ0) is 19.2. The first-order valence-electron chi connectivity index (χ1n) is 7.27. The molecule has 1 fully saturated rings. The van der Waals surface area contributed by atoms with Crippen molar-refractivity contribution in [2.75, 3.05) is 32.1 Å². The van der Waals surface area contributed by atoms with Crippen molar-refractivity contribution >= 4 is 36.1 Å². The fourth-order valence-electron chi connectivity index (χ4n) is 1.88. The standard InChI is InChI=1S/C12H20N3OS2.F6P/c1-13-4-5-14(11-13)3-2-10-18-12(17)15-6-8-16-9-7-15;1-7(2,3,4,5)6/h4-5,11H,2-3,6-10H2,1H3;/q+1;-1. The fraction of sp³-hybridized carbons (Fsp3) is 0.667. The minimum atomic E-state index is -10.7. The SMILES string of the molecule is C[n+]1ccn(CCCSC(=S)N2CCOCC2)c1.F[P-](F)(F)(F)(F)F. The predicted octanol–water partition coefficient (Wildman–Crippen LogP) is 4.44. The van der Waals surface area contributed by atoms with Gasteiger partial charge in [0.25, 0.3) is 0 Å². The van der Waals surface area contributed by atoms with Crippen LogP contribution in [0.2, 0.25) is 0 Å². The molecule has 0 atom stereocenters. The summed E-state index contributed by atoms with van der Waals surface area (Å²) in [5.74, 6) is 1.08. The van der Waals surface area contributed by atoms with E-state index in [1.165, 1.54) is 0 Å². The van der Waals surface area contributed by atoms with Crippen molar-refractivity contribution in [3.05, 3.63) is 18.7 Å². The van der Waals surface area contributed by atoms with E-state index in [-0.39, 0.29) is 0 Å². The van der Waals surface area contributed by atoms with Gasteiger partial charge in [0.1, 0.15) is 16.7 Å². The zero-order valence-corrected chi connectivity index (χ0v) is 16.0. The molecule has 0 aromatic carbocycles. The van der Waals surface area contributed by atoms with E-state index in [4.69, 9.17) is 17.0 Å². The number of ether oxygens (including phenoxy) is 1. The molecule has 1 saturated heterocycles. The number of morpholine rings is 1. The van der Waals surface area contributed by atoms with Crippen molar-refractivity contribution in [1.82, 2.24) is 9.47 Å². The number of aryl methyl sites for hydroxylation is 2. The van der Waals surface area contributed by atoms with Crippen LogP contribution in [-0.4, -0.2) is 45.8 Å². The van der Waals surface area contributed by atoms with Crippen LogP contribution in [0.3, 0.4) is 0 Å². The van der Waals surface area contributed by atoms with Crippen LogP contribution in [0, 0.1) is 0 Å².